The van der Waals surface area contributed by atoms with E-state index in [2.05, 4.69) is 5.32 Å². The van der Waals surface area contributed by atoms with Gasteiger partial charge < -0.3 is 14.8 Å². The number of nitrogens with one attached hydrogen (secondary N) is 1. The minimum absolute atomic E-state index is 0.0305. The molecule has 3 rings (SSSR count). The van der Waals surface area contributed by atoms with Crippen LogP contribution >= 0.6 is 22.9 Å². The third-order valence-electron chi connectivity index (χ3n) is 4.99. The highest BCUT2D eigenvalue weighted by Crippen LogP contribution is 2.50. The van der Waals surface area contributed by atoms with Gasteiger partial charge in [0.1, 0.15) is 4.88 Å². The van der Waals surface area contributed by atoms with Crippen molar-refractivity contribution in [1.29, 1.82) is 0 Å². The summed E-state index contributed by atoms with van der Waals surface area (Å²) in [5.74, 6) is -0.0612. The van der Waals surface area contributed by atoms with Crippen LogP contribution in [0.15, 0.2) is 5.38 Å². The molecule has 6 heteroatoms. The number of rotatable bonds is 4. The molecule has 1 spiro atoms. The van der Waals surface area contributed by atoms with Gasteiger partial charge in [-0.05, 0) is 44.1 Å². The standard InChI is InChI=1S/C16H22ClNO3S/c1-3-21-12-8-11(16(12)4-6-20-7-5-16)18-15(19)14-13(17)10(2)9-22-14/h9,11-12H,3-8H2,1-2H3,(H,18,19)/t11-,12+/m1/s1. The third-order valence-corrected chi connectivity index (χ3v) is 6.68. The van der Waals surface area contributed by atoms with Gasteiger partial charge in [-0.1, -0.05) is 11.6 Å². The SMILES string of the molecule is CCO[C@H]1C[C@@H](NC(=O)c2scc(C)c2Cl)C12CCOCC2. The molecular formula is C16H22ClNO3S. The minimum Gasteiger partial charge on any atom is -0.381 e. The summed E-state index contributed by atoms with van der Waals surface area (Å²) in [5.41, 5.74) is 0.987. The number of hydrogen-bond acceptors (Lipinski definition) is 4. The Balaban J connectivity index is 1.72. The lowest BCUT2D eigenvalue weighted by Crippen LogP contribution is -2.66. The number of halogens is 1. The topological polar surface area (TPSA) is 47.6 Å². The first-order valence-corrected chi connectivity index (χ1v) is 9.08. The zero-order valence-corrected chi connectivity index (χ0v) is 14.6. The molecule has 1 saturated heterocycles. The lowest BCUT2D eigenvalue weighted by atomic mass is 9.57. The van der Waals surface area contributed by atoms with Gasteiger partial charge in [0.15, 0.2) is 0 Å². The smallest absolute Gasteiger partial charge is 0.263 e. The fraction of sp³-hybridized carbons (Fsp3) is 0.688. The maximum absolute atomic E-state index is 12.5. The van der Waals surface area contributed by atoms with Gasteiger partial charge in [0.2, 0.25) is 0 Å². The van der Waals surface area contributed by atoms with Gasteiger partial charge in [0, 0.05) is 31.3 Å². The van der Waals surface area contributed by atoms with E-state index in [-0.39, 0.29) is 23.5 Å². The molecule has 22 heavy (non-hydrogen) atoms. The summed E-state index contributed by atoms with van der Waals surface area (Å²) >= 11 is 7.62. The van der Waals surface area contributed by atoms with Gasteiger partial charge in [-0.25, -0.2) is 0 Å². The first kappa shape index (κ1) is 16.2. The Morgan fingerprint density at radius 1 is 1.55 bits per heavy atom. The van der Waals surface area contributed by atoms with Gasteiger partial charge in [-0.3, -0.25) is 4.79 Å². The summed E-state index contributed by atoms with van der Waals surface area (Å²) in [6.07, 6.45) is 2.99. The monoisotopic (exact) mass is 343 g/mol. The van der Waals surface area contributed by atoms with Gasteiger partial charge in [0.25, 0.3) is 5.91 Å². The van der Waals surface area contributed by atoms with Gasteiger partial charge in [0.05, 0.1) is 11.1 Å². The van der Waals surface area contributed by atoms with Crippen LogP contribution in [-0.4, -0.2) is 37.9 Å². The number of hydrogen-bond donors (Lipinski definition) is 1. The molecular weight excluding hydrogens is 322 g/mol. The molecule has 2 atom stereocenters. The van der Waals surface area contributed by atoms with Crippen molar-refractivity contribution in [2.45, 2.75) is 45.3 Å². The molecule has 1 saturated carbocycles. The van der Waals surface area contributed by atoms with E-state index < -0.39 is 0 Å². The second kappa shape index (κ2) is 6.48. The quantitative estimate of drug-likeness (QED) is 0.911. The van der Waals surface area contributed by atoms with Crippen LogP contribution in [0.5, 0.6) is 0 Å². The molecule has 1 aliphatic carbocycles. The molecule has 1 aromatic heterocycles. The third kappa shape index (κ3) is 2.68. The number of aryl methyl sites for hydroxylation is 1. The second-order valence-corrected chi connectivity index (χ2v) is 7.37. The summed E-state index contributed by atoms with van der Waals surface area (Å²) in [6, 6.07) is 0.152. The second-order valence-electron chi connectivity index (χ2n) is 6.11. The van der Waals surface area contributed by atoms with Crippen LogP contribution in [0, 0.1) is 12.3 Å². The number of amides is 1. The highest BCUT2D eigenvalue weighted by molar-refractivity contribution is 7.13. The van der Waals surface area contributed by atoms with Crippen molar-refractivity contribution >= 4 is 28.8 Å². The Morgan fingerprint density at radius 2 is 2.27 bits per heavy atom. The summed E-state index contributed by atoms with van der Waals surface area (Å²) < 4.78 is 11.4. The highest BCUT2D eigenvalue weighted by atomic mass is 35.5. The Labute approximate surface area is 140 Å². The molecule has 1 aliphatic heterocycles. The van der Waals surface area contributed by atoms with Crippen LogP contribution in [-0.2, 0) is 9.47 Å². The average molecular weight is 344 g/mol. The van der Waals surface area contributed by atoms with Crippen molar-refractivity contribution in [2.75, 3.05) is 19.8 Å². The molecule has 4 nitrogen and oxygen atoms in total. The molecule has 0 radical (unpaired) electrons. The van der Waals surface area contributed by atoms with Crippen molar-refractivity contribution in [3.8, 4) is 0 Å². The Morgan fingerprint density at radius 3 is 2.86 bits per heavy atom. The van der Waals surface area contributed by atoms with Gasteiger partial charge in [-0.2, -0.15) is 0 Å². The van der Waals surface area contributed by atoms with E-state index in [0.717, 1.165) is 38.0 Å². The number of thiophene rings is 1. The van der Waals surface area contributed by atoms with E-state index in [0.29, 0.717) is 16.5 Å². The first-order chi connectivity index (χ1) is 10.6. The lowest BCUT2D eigenvalue weighted by Gasteiger charge is -2.57. The summed E-state index contributed by atoms with van der Waals surface area (Å²) in [4.78, 5) is 13.1. The Hall–Kier alpha value is -0.620. The fourth-order valence-corrected chi connectivity index (χ4v) is 4.80. The normalized spacial score (nSPS) is 26.7. The minimum atomic E-state index is -0.0612. The molecule has 0 unspecified atom stereocenters. The van der Waals surface area contributed by atoms with E-state index >= 15 is 0 Å². The molecule has 122 valence electrons. The fourth-order valence-electron chi connectivity index (χ4n) is 3.61. The van der Waals surface area contributed by atoms with Crippen LogP contribution in [0.1, 0.15) is 41.4 Å². The van der Waals surface area contributed by atoms with Gasteiger partial charge in [-0.15, -0.1) is 11.3 Å². The molecule has 0 bridgehead atoms. The van der Waals surface area contributed by atoms with Crippen molar-refractivity contribution < 1.29 is 14.3 Å². The predicted molar refractivity (Wildman–Crippen MR) is 87.8 cm³/mol. The van der Waals surface area contributed by atoms with E-state index in [1.165, 1.54) is 11.3 Å². The number of carbonyl (C=O) groups excluding carboxylic acids is 1. The lowest BCUT2D eigenvalue weighted by molar-refractivity contribution is -0.170. The molecule has 1 N–H and O–H groups in total. The van der Waals surface area contributed by atoms with Crippen LogP contribution < -0.4 is 5.32 Å². The largest absolute Gasteiger partial charge is 0.381 e. The molecule has 2 aliphatic rings. The highest BCUT2D eigenvalue weighted by Gasteiger charge is 2.56. The van der Waals surface area contributed by atoms with Crippen LogP contribution in [0.3, 0.4) is 0 Å². The zero-order valence-electron chi connectivity index (χ0n) is 13.0. The van der Waals surface area contributed by atoms with Crippen molar-refractivity contribution in [2.24, 2.45) is 5.41 Å². The first-order valence-electron chi connectivity index (χ1n) is 7.82. The molecule has 1 aromatic rings. The predicted octanol–water partition coefficient (Wildman–Crippen LogP) is 3.41. The van der Waals surface area contributed by atoms with Crippen molar-refractivity contribution in [1.82, 2.24) is 5.32 Å². The van der Waals surface area contributed by atoms with Crippen LogP contribution in [0.25, 0.3) is 0 Å². The molecule has 1 amide bonds. The molecule has 2 fully saturated rings. The Bertz CT molecular complexity index is 554. The molecule has 0 aromatic carbocycles. The van der Waals surface area contributed by atoms with E-state index in [4.69, 9.17) is 21.1 Å². The molecule has 2 heterocycles. The summed E-state index contributed by atoms with van der Waals surface area (Å²) in [7, 11) is 0. The van der Waals surface area contributed by atoms with E-state index in [1.807, 2.05) is 19.2 Å². The van der Waals surface area contributed by atoms with Crippen LogP contribution in [0.4, 0.5) is 0 Å². The maximum Gasteiger partial charge on any atom is 0.263 e. The van der Waals surface area contributed by atoms with Crippen molar-refractivity contribution in [3.63, 3.8) is 0 Å². The van der Waals surface area contributed by atoms with E-state index in [9.17, 15) is 4.79 Å². The van der Waals surface area contributed by atoms with Crippen molar-refractivity contribution in [3.05, 3.63) is 20.8 Å². The average Bonchev–Trinajstić information content (AvgIpc) is 2.87. The summed E-state index contributed by atoms with van der Waals surface area (Å²) in [5, 5.41) is 5.68. The number of ether oxygens (including phenoxy) is 2. The van der Waals surface area contributed by atoms with Crippen LogP contribution in [0.2, 0.25) is 5.02 Å². The van der Waals surface area contributed by atoms with Gasteiger partial charge >= 0.3 is 0 Å². The summed E-state index contributed by atoms with van der Waals surface area (Å²) in [6.45, 7) is 6.14. The number of carbonyl (C=O) groups is 1. The van der Waals surface area contributed by atoms with E-state index in [1.54, 1.807) is 0 Å². The zero-order chi connectivity index (χ0) is 15.7. The Kier molecular flexibility index (Phi) is 4.78. The maximum atomic E-state index is 12.5.